The zero-order chi connectivity index (χ0) is 8.15. The molecule has 0 rings (SSSR count). The molecule has 0 aromatic carbocycles. The van der Waals surface area contributed by atoms with E-state index in [9.17, 15) is 0 Å². The van der Waals surface area contributed by atoms with Gasteiger partial charge in [-0.25, -0.2) is 0 Å². The van der Waals surface area contributed by atoms with Gasteiger partial charge in [-0.3, -0.25) is 4.99 Å². The summed E-state index contributed by atoms with van der Waals surface area (Å²) in [4.78, 5) is 6.47. The average Bonchev–Trinajstić information content (AvgIpc) is 1.87. The van der Waals surface area contributed by atoms with E-state index in [1.165, 1.54) is 0 Å². The Hall–Kier alpha value is -0.530. The summed E-state index contributed by atoms with van der Waals surface area (Å²) >= 11 is 0. The Labute approximate surface area is 63.9 Å². The zero-order valence-corrected chi connectivity index (χ0v) is 7.68. The van der Waals surface area contributed by atoms with Crippen molar-refractivity contribution in [2.75, 3.05) is 14.1 Å². The van der Waals surface area contributed by atoms with E-state index in [1.54, 1.807) is 0 Å². The van der Waals surface area contributed by atoms with Crippen molar-refractivity contribution in [3.8, 4) is 0 Å². The van der Waals surface area contributed by atoms with Crippen molar-refractivity contribution in [2.24, 2.45) is 4.99 Å². The highest BCUT2D eigenvalue weighted by Crippen LogP contribution is 1.96. The van der Waals surface area contributed by atoms with Gasteiger partial charge in [-0.15, -0.1) is 0 Å². The molecule has 0 aliphatic carbocycles. The summed E-state index contributed by atoms with van der Waals surface area (Å²) < 4.78 is 0. The molecular weight excluding hydrogens is 124 g/mol. The van der Waals surface area contributed by atoms with Crippen LogP contribution in [-0.4, -0.2) is 30.9 Å². The fourth-order valence-electron chi connectivity index (χ4n) is 0.526. The lowest BCUT2D eigenvalue weighted by molar-refractivity contribution is 0.597. The van der Waals surface area contributed by atoms with Crippen LogP contribution in [0.5, 0.6) is 0 Å². The van der Waals surface area contributed by atoms with Crippen LogP contribution in [0, 0.1) is 0 Å². The van der Waals surface area contributed by atoms with Crippen LogP contribution in [0.1, 0.15) is 27.2 Å². The van der Waals surface area contributed by atoms with Gasteiger partial charge in [-0.05, 0) is 20.3 Å². The van der Waals surface area contributed by atoms with Gasteiger partial charge in [0.05, 0.1) is 5.84 Å². The second-order valence-corrected chi connectivity index (χ2v) is 2.83. The zero-order valence-electron chi connectivity index (χ0n) is 7.68. The Morgan fingerprint density at radius 3 is 2.30 bits per heavy atom. The predicted molar refractivity (Wildman–Crippen MR) is 46.5 cm³/mol. The molecule has 0 radical (unpaired) electrons. The van der Waals surface area contributed by atoms with Gasteiger partial charge in [0.15, 0.2) is 0 Å². The number of amidine groups is 1. The first-order valence-corrected chi connectivity index (χ1v) is 3.79. The van der Waals surface area contributed by atoms with Gasteiger partial charge >= 0.3 is 0 Å². The molecule has 1 unspecified atom stereocenters. The maximum absolute atomic E-state index is 4.44. The third-order valence-corrected chi connectivity index (χ3v) is 1.65. The van der Waals surface area contributed by atoms with E-state index >= 15 is 0 Å². The van der Waals surface area contributed by atoms with Crippen molar-refractivity contribution >= 4 is 5.84 Å². The molecule has 0 fully saturated rings. The molecule has 2 heteroatoms. The van der Waals surface area contributed by atoms with Crippen molar-refractivity contribution in [2.45, 2.75) is 33.2 Å². The molecule has 60 valence electrons. The monoisotopic (exact) mass is 142 g/mol. The largest absolute Gasteiger partial charge is 0.367 e. The minimum absolute atomic E-state index is 0.461. The molecule has 0 aliphatic rings. The third kappa shape index (κ3) is 3.49. The lowest BCUT2D eigenvalue weighted by atomic mass is 10.3. The number of aliphatic imine (C=N–C) groups is 1. The predicted octanol–water partition coefficient (Wildman–Crippen LogP) is 1.76. The molecule has 2 nitrogen and oxygen atoms in total. The Bertz CT molecular complexity index is 116. The van der Waals surface area contributed by atoms with Crippen molar-refractivity contribution in [3.63, 3.8) is 0 Å². The molecule has 0 heterocycles. The van der Waals surface area contributed by atoms with E-state index in [2.05, 4.69) is 18.8 Å². The van der Waals surface area contributed by atoms with Crippen molar-refractivity contribution in [1.82, 2.24) is 4.90 Å². The van der Waals surface area contributed by atoms with Crippen LogP contribution in [0.25, 0.3) is 0 Å². The molecular formula is C8H18N2. The van der Waals surface area contributed by atoms with Gasteiger partial charge in [0.2, 0.25) is 0 Å². The number of rotatable bonds is 2. The Morgan fingerprint density at radius 2 is 2.00 bits per heavy atom. The molecule has 0 bridgehead atoms. The summed E-state index contributed by atoms with van der Waals surface area (Å²) in [5, 5.41) is 0. The van der Waals surface area contributed by atoms with E-state index in [0.29, 0.717) is 6.04 Å². The number of nitrogens with zero attached hydrogens (tertiary/aromatic N) is 2. The molecule has 0 spiro atoms. The van der Waals surface area contributed by atoms with Gasteiger partial charge in [0, 0.05) is 20.1 Å². The van der Waals surface area contributed by atoms with Crippen LogP contribution in [-0.2, 0) is 0 Å². The van der Waals surface area contributed by atoms with Crippen molar-refractivity contribution in [3.05, 3.63) is 0 Å². The Morgan fingerprint density at radius 1 is 1.50 bits per heavy atom. The van der Waals surface area contributed by atoms with Crippen LogP contribution in [0.2, 0.25) is 0 Å². The fraction of sp³-hybridized carbons (Fsp3) is 0.875. The van der Waals surface area contributed by atoms with Gasteiger partial charge in [-0.1, -0.05) is 6.92 Å². The van der Waals surface area contributed by atoms with Gasteiger partial charge < -0.3 is 4.90 Å². The normalized spacial score (nSPS) is 15.1. The highest BCUT2D eigenvalue weighted by atomic mass is 15.1. The lowest BCUT2D eigenvalue weighted by Gasteiger charge is -2.13. The third-order valence-electron chi connectivity index (χ3n) is 1.65. The summed E-state index contributed by atoms with van der Waals surface area (Å²) in [7, 11) is 4.03. The highest BCUT2D eigenvalue weighted by molar-refractivity contribution is 5.79. The maximum Gasteiger partial charge on any atom is 0.0955 e. The minimum Gasteiger partial charge on any atom is -0.367 e. The Kier molecular flexibility index (Phi) is 4.08. The molecule has 0 amide bonds. The summed E-state index contributed by atoms with van der Waals surface area (Å²) in [6.07, 6.45) is 1.12. The molecule has 0 aliphatic heterocycles. The first-order valence-electron chi connectivity index (χ1n) is 3.79. The standard InChI is InChI=1S/C8H18N2/c1-6-7(2)9-8(3)10(4)5/h7H,6H2,1-5H3. The summed E-state index contributed by atoms with van der Waals surface area (Å²) in [6.45, 7) is 6.32. The number of hydrogen-bond donors (Lipinski definition) is 0. The average molecular weight is 142 g/mol. The van der Waals surface area contributed by atoms with Crippen LogP contribution in [0.4, 0.5) is 0 Å². The lowest BCUT2D eigenvalue weighted by Crippen LogP contribution is -2.20. The van der Waals surface area contributed by atoms with Crippen LogP contribution >= 0.6 is 0 Å². The molecule has 0 saturated carbocycles. The first-order chi connectivity index (χ1) is 4.57. The van der Waals surface area contributed by atoms with E-state index in [1.807, 2.05) is 25.9 Å². The van der Waals surface area contributed by atoms with Crippen molar-refractivity contribution < 1.29 is 0 Å². The Balaban J connectivity index is 3.89. The summed E-state index contributed by atoms with van der Waals surface area (Å²) in [5.74, 6) is 1.11. The van der Waals surface area contributed by atoms with Crippen LogP contribution in [0.15, 0.2) is 4.99 Å². The van der Waals surface area contributed by atoms with Crippen LogP contribution < -0.4 is 0 Å². The van der Waals surface area contributed by atoms with Gasteiger partial charge in [0.1, 0.15) is 0 Å². The topological polar surface area (TPSA) is 15.6 Å². The van der Waals surface area contributed by atoms with Gasteiger partial charge in [-0.2, -0.15) is 0 Å². The van der Waals surface area contributed by atoms with E-state index in [4.69, 9.17) is 0 Å². The fourth-order valence-corrected chi connectivity index (χ4v) is 0.526. The smallest absolute Gasteiger partial charge is 0.0955 e. The maximum atomic E-state index is 4.44. The molecule has 1 atom stereocenters. The summed E-state index contributed by atoms with van der Waals surface area (Å²) in [6, 6.07) is 0.461. The van der Waals surface area contributed by atoms with Gasteiger partial charge in [0.25, 0.3) is 0 Å². The molecule has 0 aromatic rings. The molecule has 0 saturated heterocycles. The SMILES string of the molecule is CCC(C)N=C(C)N(C)C. The second-order valence-electron chi connectivity index (χ2n) is 2.83. The van der Waals surface area contributed by atoms with Crippen molar-refractivity contribution in [1.29, 1.82) is 0 Å². The quantitative estimate of drug-likeness (QED) is 0.424. The molecule has 10 heavy (non-hydrogen) atoms. The second kappa shape index (κ2) is 4.31. The van der Waals surface area contributed by atoms with Crippen LogP contribution in [0.3, 0.4) is 0 Å². The first kappa shape index (κ1) is 9.47. The summed E-state index contributed by atoms with van der Waals surface area (Å²) in [5.41, 5.74) is 0. The van der Waals surface area contributed by atoms with E-state index in [0.717, 1.165) is 12.3 Å². The van der Waals surface area contributed by atoms with E-state index < -0.39 is 0 Å². The van der Waals surface area contributed by atoms with E-state index in [-0.39, 0.29) is 0 Å². The minimum atomic E-state index is 0.461. The molecule has 0 N–H and O–H groups in total. The highest BCUT2D eigenvalue weighted by Gasteiger charge is 1.96. The number of hydrogen-bond acceptors (Lipinski definition) is 1. The molecule has 0 aromatic heterocycles.